The zero-order chi connectivity index (χ0) is 15.4. The van der Waals surface area contributed by atoms with Gasteiger partial charge in [-0.3, -0.25) is 4.79 Å². The van der Waals surface area contributed by atoms with Crippen LogP contribution in [0, 0.1) is 18.6 Å². The first kappa shape index (κ1) is 15.0. The molecule has 0 aliphatic heterocycles. The summed E-state index contributed by atoms with van der Waals surface area (Å²) in [4.78, 5) is 11.9. The topological polar surface area (TPSA) is 38.3 Å². The molecule has 0 aromatic heterocycles. The third-order valence-electron chi connectivity index (χ3n) is 2.89. The van der Waals surface area contributed by atoms with Gasteiger partial charge in [-0.1, -0.05) is 17.7 Å². The highest BCUT2D eigenvalue weighted by Crippen LogP contribution is 2.17. The summed E-state index contributed by atoms with van der Waals surface area (Å²) < 4.78 is 31.2. The van der Waals surface area contributed by atoms with E-state index in [4.69, 9.17) is 4.74 Å². The van der Waals surface area contributed by atoms with E-state index in [1.165, 1.54) is 13.0 Å². The lowest BCUT2D eigenvalue weighted by Gasteiger charge is -2.15. The summed E-state index contributed by atoms with van der Waals surface area (Å²) in [5.74, 6) is -2.25. The molecule has 110 valence electrons. The first-order valence-electron chi connectivity index (χ1n) is 6.45. The summed E-state index contributed by atoms with van der Waals surface area (Å²) in [6.45, 7) is 3.48. The van der Waals surface area contributed by atoms with Crippen molar-refractivity contribution in [3.8, 4) is 5.75 Å². The Morgan fingerprint density at radius 2 is 1.76 bits per heavy atom. The van der Waals surface area contributed by atoms with Crippen LogP contribution in [0.2, 0.25) is 0 Å². The smallest absolute Gasteiger partial charge is 0.265 e. The molecule has 3 nitrogen and oxygen atoms in total. The van der Waals surface area contributed by atoms with Crippen LogP contribution in [0.25, 0.3) is 0 Å². The monoisotopic (exact) mass is 291 g/mol. The molecule has 1 N–H and O–H groups in total. The maximum atomic E-state index is 13.1. The van der Waals surface area contributed by atoms with Crippen LogP contribution in [-0.2, 0) is 4.79 Å². The first-order chi connectivity index (χ1) is 9.95. The number of ether oxygens (including phenoxy) is 1. The van der Waals surface area contributed by atoms with Gasteiger partial charge in [-0.2, -0.15) is 0 Å². The molecule has 0 heterocycles. The maximum Gasteiger partial charge on any atom is 0.265 e. The van der Waals surface area contributed by atoms with Gasteiger partial charge in [-0.15, -0.1) is 0 Å². The molecular formula is C16H15F2NO2. The number of carbonyl (C=O) groups excluding carboxylic acids is 1. The summed E-state index contributed by atoms with van der Waals surface area (Å²) in [7, 11) is 0. The lowest BCUT2D eigenvalue weighted by atomic mass is 10.2. The SMILES string of the molecule is Cc1ccc(NC(=O)C(C)Oc2ccc(F)c(F)c2)cc1. The molecule has 1 amide bonds. The Bertz CT molecular complexity index is 641. The van der Waals surface area contributed by atoms with Crippen molar-refractivity contribution >= 4 is 11.6 Å². The van der Waals surface area contributed by atoms with E-state index in [-0.39, 0.29) is 11.7 Å². The normalized spacial score (nSPS) is 11.8. The Labute approximate surface area is 121 Å². The minimum Gasteiger partial charge on any atom is -0.481 e. The van der Waals surface area contributed by atoms with Gasteiger partial charge >= 0.3 is 0 Å². The van der Waals surface area contributed by atoms with Crippen LogP contribution >= 0.6 is 0 Å². The van der Waals surface area contributed by atoms with Crippen molar-refractivity contribution in [3.63, 3.8) is 0 Å². The van der Waals surface area contributed by atoms with E-state index in [0.717, 1.165) is 17.7 Å². The van der Waals surface area contributed by atoms with E-state index in [2.05, 4.69) is 5.32 Å². The van der Waals surface area contributed by atoms with Gasteiger partial charge in [0.05, 0.1) is 0 Å². The van der Waals surface area contributed by atoms with Crippen molar-refractivity contribution in [2.24, 2.45) is 0 Å². The Morgan fingerprint density at radius 3 is 2.38 bits per heavy atom. The highest BCUT2D eigenvalue weighted by molar-refractivity contribution is 5.94. The van der Waals surface area contributed by atoms with Crippen LogP contribution in [-0.4, -0.2) is 12.0 Å². The van der Waals surface area contributed by atoms with Crippen LogP contribution in [0.15, 0.2) is 42.5 Å². The number of rotatable bonds is 4. The minimum absolute atomic E-state index is 0.0976. The Kier molecular flexibility index (Phi) is 4.52. The quantitative estimate of drug-likeness (QED) is 0.933. The van der Waals surface area contributed by atoms with E-state index in [1.807, 2.05) is 19.1 Å². The molecule has 2 rings (SSSR count). The zero-order valence-electron chi connectivity index (χ0n) is 11.7. The molecule has 0 spiro atoms. The standard InChI is InChI=1S/C16H15F2NO2/c1-10-3-5-12(6-4-10)19-16(20)11(2)21-13-7-8-14(17)15(18)9-13/h3-9,11H,1-2H3,(H,19,20). The van der Waals surface area contributed by atoms with Crippen molar-refractivity contribution in [1.82, 2.24) is 0 Å². The van der Waals surface area contributed by atoms with E-state index >= 15 is 0 Å². The summed E-state index contributed by atoms with van der Waals surface area (Å²) >= 11 is 0. The molecule has 21 heavy (non-hydrogen) atoms. The second kappa shape index (κ2) is 6.35. The van der Waals surface area contributed by atoms with Crippen LogP contribution in [0.1, 0.15) is 12.5 Å². The second-order valence-corrected chi connectivity index (χ2v) is 4.69. The molecule has 0 aliphatic carbocycles. The molecule has 0 bridgehead atoms. The largest absolute Gasteiger partial charge is 0.481 e. The molecule has 0 saturated carbocycles. The number of aryl methyl sites for hydroxylation is 1. The Balaban J connectivity index is 1.98. The Morgan fingerprint density at radius 1 is 1.10 bits per heavy atom. The van der Waals surface area contributed by atoms with Gasteiger partial charge in [0, 0.05) is 11.8 Å². The summed E-state index contributed by atoms with van der Waals surface area (Å²) in [6, 6.07) is 10.4. The molecular weight excluding hydrogens is 276 g/mol. The number of halogens is 2. The zero-order valence-corrected chi connectivity index (χ0v) is 11.7. The highest BCUT2D eigenvalue weighted by Gasteiger charge is 2.15. The minimum atomic E-state index is -1.02. The average Bonchev–Trinajstić information content (AvgIpc) is 2.45. The predicted molar refractivity (Wildman–Crippen MR) is 76.3 cm³/mol. The number of hydrogen-bond donors (Lipinski definition) is 1. The number of benzene rings is 2. The third kappa shape index (κ3) is 4.02. The molecule has 0 saturated heterocycles. The number of anilines is 1. The molecule has 0 radical (unpaired) electrons. The van der Waals surface area contributed by atoms with Gasteiger partial charge < -0.3 is 10.1 Å². The van der Waals surface area contributed by atoms with Crippen LogP contribution in [0.3, 0.4) is 0 Å². The van der Waals surface area contributed by atoms with E-state index in [1.54, 1.807) is 12.1 Å². The van der Waals surface area contributed by atoms with Gasteiger partial charge in [0.1, 0.15) is 5.75 Å². The maximum absolute atomic E-state index is 13.1. The molecule has 0 fully saturated rings. The lowest BCUT2D eigenvalue weighted by molar-refractivity contribution is -0.122. The number of carbonyl (C=O) groups is 1. The van der Waals surface area contributed by atoms with Gasteiger partial charge in [0.25, 0.3) is 5.91 Å². The molecule has 0 aliphatic rings. The molecule has 2 aromatic rings. The van der Waals surface area contributed by atoms with Gasteiger partial charge in [-0.25, -0.2) is 8.78 Å². The highest BCUT2D eigenvalue weighted by atomic mass is 19.2. The lowest BCUT2D eigenvalue weighted by Crippen LogP contribution is -2.30. The summed E-state index contributed by atoms with van der Waals surface area (Å²) in [6.07, 6.45) is -0.837. The van der Waals surface area contributed by atoms with Crippen molar-refractivity contribution in [2.75, 3.05) is 5.32 Å². The third-order valence-corrected chi connectivity index (χ3v) is 2.89. The summed E-state index contributed by atoms with van der Waals surface area (Å²) in [5, 5.41) is 2.68. The van der Waals surface area contributed by atoms with E-state index in [0.29, 0.717) is 5.69 Å². The van der Waals surface area contributed by atoms with Gasteiger partial charge in [-0.05, 0) is 38.1 Å². The molecule has 5 heteroatoms. The summed E-state index contributed by atoms with van der Waals surface area (Å²) in [5.41, 5.74) is 1.73. The number of hydrogen-bond acceptors (Lipinski definition) is 2. The fraction of sp³-hybridized carbons (Fsp3) is 0.188. The fourth-order valence-corrected chi connectivity index (χ4v) is 1.69. The van der Waals surface area contributed by atoms with Crippen molar-refractivity contribution in [3.05, 3.63) is 59.7 Å². The average molecular weight is 291 g/mol. The predicted octanol–water partition coefficient (Wildman–Crippen LogP) is 3.68. The molecule has 1 unspecified atom stereocenters. The van der Waals surface area contributed by atoms with Gasteiger partial charge in [0.2, 0.25) is 0 Å². The van der Waals surface area contributed by atoms with Crippen molar-refractivity contribution in [1.29, 1.82) is 0 Å². The molecule has 2 aromatic carbocycles. The van der Waals surface area contributed by atoms with Crippen molar-refractivity contribution in [2.45, 2.75) is 20.0 Å². The first-order valence-corrected chi connectivity index (χ1v) is 6.45. The number of nitrogens with one attached hydrogen (secondary N) is 1. The van der Waals surface area contributed by atoms with E-state index in [9.17, 15) is 13.6 Å². The van der Waals surface area contributed by atoms with E-state index < -0.39 is 17.7 Å². The van der Waals surface area contributed by atoms with Crippen LogP contribution in [0.4, 0.5) is 14.5 Å². The Hall–Kier alpha value is -2.43. The molecule has 1 atom stereocenters. The van der Waals surface area contributed by atoms with Gasteiger partial charge in [0.15, 0.2) is 17.7 Å². The van der Waals surface area contributed by atoms with Crippen LogP contribution in [0.5, 0.6) is 5.75 Å². The van der Waals surface area contributed by atoms with Crippen LogP contribution < -0.4 is 10.1 Å². The number of amides is 1. The second-order valence-electron chi connectivity index (χ2n) is 4.69. The van der Waals surface area contributed by atoms with Crippen molar-refractivity contribution < 1.29 is 18.3 Å². The fourth-order valence-electron chi connectivity index (χ4n) is 1.69.